The summed E-state index contributed by atoms with van der Waals surface area (Å²) in [6, 6.07) is 5.01. The van der Waals surface area contributed by atoms with Gasteiger partial charge in [0.05, 0.1) is 10.0 Å². The summed E-state index contributed by atoms with van der Waals surface area (Å²) in [4.78, 5) is 0. The topological polar surface area (TPSA) is 64.8 Å². The summed E-state index contributed by atoms with van der Waals surface area (Å²) in [7, 11) is 1.39. The van der Waals surface area contributed by atoms with Crippen molar-refractivity contribution in [1.29, 1.82) is 0 Å². The molecule has 9 heteroatoms. The van der Waals surface area contributed by atoms with E-state index in [4.69, 9.17) is 33.9 Å². The van der Waals surface area contributed by atoms with Crippen molar-refractivity contribution in [1.82, 2.24) is 14.8 Å². The van der Waals surface area contributed by atoms with Crippen molar-refractivity contribution in [3.05, 3.63) is 28.2 Å². The Morgan fingerprint density at radius 2 is 1.76 bits per heavy atom. The minimum absolute atomic E-state index is 0.274. The van der Waals surface area contributed by atoms with E-state index in [-0.39, 0.29) is 16.0 Å². The largest absolute Gasteiger partial charge is 0.296 e. The van der Waals surface area contributed by atoms with E-state index in [9.17, 15) is 8.42 Å². The van der Waals surface area contributed by atoms with E-state index >= 15 is 0 Å². The normalized spacial score (nSPS) is 12.7. The average Bonchev–Trinajstić information content (AvgIpc) is 2.76. The van der Waals surface area contributed by atoms with Crippen LogP contribution in [0.4, 0.5) is 0 Å². The Morgan fingerprint density at radius 1 is 1.14 bits per heavy atom. The lowest BCUT2D eigenvalue weighted by molar-refractivity contribution is 0.367. The molecule has 0 saturated carbocycles. The summed E-state index contributed by atoms with van der Waals surface area (Å²) in [6.45, 7) is 5.43. The van der Waals surface area contributed by atoms with Crippen molar-refractivity contribution in [2.75, 3.05) is 0 Å². The van der Waals surface area contributed by atoms with Gasteiger partial charge in [-0.15, -0.1) is 10.2 Å². The average molecular weight is 369 g/mol. The van der Waals surface area contributed by atoms with Crippen LogP contribution in [-0.4, -0.2) is 23.2 Å². The molecule has 0 bridgehead atoms. The fraction of sp³-hybridized carbons (Fsp3) is 0.333. The molecule has 2 rings (SSSR count). The molecule has 5 nitrogen and oxygen atoms in total. The van der Waals surface area contributed by atoms with Gasteiger partial charge in [-0.2, -0.15) is 0 Å². The van der Waals surface area contributed by atoms with Gasteiger partial charge in [-0.1, -0.05) is 29.3 Å². The molecule has 0 amide bonds. The van der Waals surface area contributed by atoms with Gasteiger partial charge < -0.3 is 0 Å². The maximum atomic E-state index is 11.7. The highest BCUT2D eigenvalue weighted by Gasteiger charge is 2.31. The highest BCUT2D eigenvalue weighted by molar-refractivity contribution is 8.13. The fourth-order valence-corrected chi connectivity index (χ4v) is 3.28. The molecule has 0 atom stereocenters. The minimum Gasteiger partial charge on any atom is -0.291 e. The summed E-state index contributed by atoms with van der Waals surface area (Å²) in [5.41, 5.74) is -0.139. The standard InChI is InChI=1S/C12H12Cl3N3O2S/c1-12(2,3)18-10(16-17-11(18)21(15,19)20)7-5-4-6-8(13)9(7)14/h4-6H,1-3H3. The van der Waals surface area contributed by atoms with E-state index in [0.29, 0.717) is 10.6 Å². The first-order valence-corrected chi connectivity index (χ1v) is 8.95. The predicted molar refractivity (Wildman–Crippen MR) is 83.5 cm³/mol. The Kier molecular flexibility index (Phi) is 4.28. The fourth-order valence-electron chi connectivity index (χ4n) is 1.88. The molecule has 0 aliphatic rings. The quantitative estimate of drug-likeness (QED) is 0.753. The van der Waals surface area contributed by atoms with Crippen LogP contribution in [0.1, 0.15) is 20.8 Å². The van der Waals surface area contributed by atoms with Gasteiger partial charge in [0.25, 0.3) is 14.2 Å². The van der Waals surface area contributed by atoms with E-state index in [1.54, 1.807) is 18.2 Å². The number of nitrogens with zero attached hydrogens (tertiary/aromatic N) is 3. The lowest BCUT2D eigenvalue weighted by atomic mass is 10.1. The Balaban J connectivity index is 2.83. The molecule has 0 radical (unpaired) electrons. The van der Waals surface area contributed by atoms with Crippen LogP contribution in [0.5, 0.6) is 0 Å². The maximum Gasteiger partial charge on any atom is 0.296 e. The molecular weight excluding hydrogens is 357 g/mol. The lowest BCUT2D eigenvalue weighted by Crippen LogP contribution is -2.26. The Bertz CT molecular complexity index is 795. The van der Waals surface area contributed by atoms with Crippen molar-refractivity contribution >= 4 is 42.9 Å². The van der Waals surface area contributed by atoms with Crippen LogP contribution in [0.25, 0.3) is 11.4 Å². The zero-order chi connectivity index (χ0) is 16.0. The third-order valence-corrected chi connectivity index (χ3v) is 4.65. The first-order valence-electron chi connectivity index (χ1n) is 5.88. The molecule has 21 heavy (non-hydrogen) atoms. The SMILES string of the molecule is CC(C)(C)n1c(-c2cccc(Cl)c2Cl)nnc1S(=O)(=O)Cl. The Morgan fingerprint density at radius 3 is 2.29 bits per heavy atom. The van der Waals surface area contributed by atoms with Crippen molar-refractivity contribution in [2.24, 2.45) is 0 Å². The number of benzene rings is 1. The highest BCUT2D eigenvalue weighted by Crippen LogP contribution is 2.36. The van der Waals surface area contributed by atoms with Crippen molar-refractivity contribution in [2.45, 2.75) is 31.5 Å². The molecule has 0 saturated heterocycles. The molecule has 114 valence electrons. The molecule has 1 heterocycles. The maximum absolute atomic E-state index is 11.7. The zero-order valence-electron chi connectivity index (χ0n) is 11.4. The molecule has 1 aromatic carbocycles. The van der Waals surface area contributed by atoms with Gasteiger partial charge in [0, 0.05) is 21.8 Å². The minimum atomic E-state index is -4.04. The van der Waals surface area contributed by atoms with Gasteiger partial charge in [-0.25, -0.2) is 8.42 Å². The van der Waals surface area contributed by atoms with Gasteiger partial charge in [-0.05, 0) is 32.9 Å². The van der Waals surface area contributed by atoms with Gasteiger partial charge >= 0.3 is 0 Å². The number of hydrogen-bond acceptors (Lipinski definition) is 4. The van der Waals surface area contributed by atoms with Crippen LogP contribution in [0.3, 0.4) is 0 Å². The van der Waals surface area contributed by atoms with E-state index in [0.717, 1.165) is 0 Å². The third kappa shape index (κ3) is 3.18. The van der Waals surface area contributed by atoms with Crippen LogP contribution in [0.2, 0.25) is 10.0 Å². The Hall–Kier alpha value is -0.820. The number of rotatable bonds is 2. The zero-order valence-corrected chi connectivity index (χ0v) is 14.5. The molecule has 2 aromatic rings. The van der Waals surface area contributed by atoms with Gasteiger partial charge in [0.15, 0.2) is 5.82 Å². The number of aromatic nitrogens is 3. The summed E-state index contributed by atoms with van der Waals surface area (Å²) < 4.78 is 24.8. The molecule has 0 aliphatic heterocycles. The predicted octanol–water partition coefficient (Wildman–Crippen LogP) is 3.93. The molecule has 0 fully saturated rings. The second-order valence-corrected chi connectivity index (χ2v) is 8.60. The van der Waals surface area contributed by atoms with E-state index in [2.05, 4.69) is 10.2 Å². The second kappa shape index (κ2) is 5.43. The van der Waals surface area contributed by atoms with Crippen molar-refractivity contribution in [3.63, 3.8) is 0 Å². The first-order chi connectivity index (χ1) is 9.53. The lowest BCUT2D eigenvalue weighted by Gasteiger charge is -2.24. The van der Waals surface area contributed by atoms with Gasteiger partial charge in [0.1, 0.15) is 0 Å². The molecule has 0 aliphatic carbocycles. The monoisotopic (exact) mass is 367 g/mol. The van der Waals surface area contributed by atoms with Crippen molar-refractivity contribution in [3.8, 4) is 11.4 Å². The summed E-state index contributed by atoms with van der Waals surface area (Å²) in [5.74, 6) is 0.286. The summed E-state index contributed by atoms with van der Waals surface area (Å²) >= 11 is 12.2. The van der Waals surface area contributed by atoms with Crippen LogP contribution in [0.15, 0.2) is 23.4 Å². The summed E-state index contributed by atoms with van der Waals surface area (Å²) in [6.07, 6.45) is 0. The Labute approximate surface area is 137 Å². The second-order valence-electron chi connectivity index (χ2n) is 5.35. The summed E-state index contributed by atoms with van der Waals surface area (Å²) in [5, 5.41) is 7.90. The molecule has 1 aromatic heterocycles. The number of halogens is 3. The molecule has 0 spiro atoms. The third-order valence-electron chi connectivity index (χ3n) is 2.71. The smallest absolute Gasteiger partial charge is 0.291 e. The van der Waals surface area contributed by atoms with E-state index in [1.165, 1.54) is 4.57 Å². The van der Waals surface area contributed by atoms with Crippen LogP contribution < -0.4 is 0 Å². The first kappa shape index (κ1) is 16.5. The van der Waals surface area contributed by atoms with Crippen molar-refractivity contribution < 1.29 is 8.42 Å². The van der Waals surface area contributed by atoms with E-state index in [1.807, 2.05) is 20.8 Å². The van der Waals surface area contributed by atoms with E-state index < -0.39 is 14.6 Å². The van der Waals surface area contributed by atoms with Gasteiger partial charge in [0.2, 0.25) is 0 Å². The van der Waals surface area contributed by atoms with Gasteiger partial charge in [-0.3, -0.25) is 4.57 Å². The molecule has 0 N–H and O–H groups in total. The van der Waals surface area contributed by atoms with Crippen LogP contribution in [-0.2, 0) is 14.6 Å². The molecular formula is C12H12Cl3N3O2S. The molecule has 0 unspecified atom stereocenters. The number of hydrogen-bond donors (Lipinski definition) is 0. The van der Waals surface area contributed by atoms with Crippen LogP contribution >= 0.6 is 33.9 Å². The van der Waals surface area contributed by atoms with Crippen LogP contribution in [0, 0.1) is 0 Å². The highest BCUT2D eigenvalue weighted by atomic mass is 35.7.